The van der Waals surface area contributed by atoms with Crippen molar-refractivity contribution in [2.45, 2.75) is 51.5 Å². The fraction of sp³-hybridized carbons (Fsp3) is 0.278. The summed E-state index contributed by atoms with van der Waals surface area (Å²) in [6.07, 6.45) is 6.47. The van der Waals surface area contributed by atoms with Crippen molar-refractivity contribution in [1.82, 2.24) is 14.9 Å². The smallest absolute Gasteiger partial charge is 0.224 e. The van der Waals surface area contributed by atoms with Gasteiger partial charge in [-0.15, -0.1) is 0 Å². The molecule has 1 amide bonds. The van der Waals surface area contributed by atoms with E-state index in [1.54, 1.807) is 0 Å². The number of carbonyl (C=O) groups is 1. The molecule has 0 saturated heterocycles. The molecular weight excluding hydrogens is 506 g/mol. The van der Waals surface area contributed by atoms with E-state index in [-0.39, 0.29) is 5.91 Å². The number of nitrogens with zero attached hydrogens (tertiary/aromatic N) is 2. The fourth-order valence-electron chi connectivity index (χ4n) is 5.15. The first-order valence-electron chi connectivity index (χ1n) is 14.8. The van der Waals surface area contributed by atoms with E-state index >= 15 is 0 Å². The van der Waals surface area contributed by atoms with Gasteiger partial charge in [-0.3, -0.25) is 4.79 Å². The molecule has 0 unspecified atom stereocenters. The molecule has 0 fully saturated rings. The van der Waals surface area contributed by atoms with Gasteiger partial charge in [0.2, 0.25) is 5.91 Å². The SMILES string of the molecule is O=C(Cc1ccc(-c2ccccc2)cc1)NCCCCCc1nc2ccccc2n1CCCCOc1ccccc1. The van der Waals surface area contributed by atoms with Crippen LogP contribution in [0.2, 0.25) is 0 Å². The van der Waals surface area contributed by atoms with Gasteiger partial charge in [0.25, 0.3) is 0 Å². The Balaban J connectivity index is 1.02. The van der Waals surface area contributed by atoms with Gasteiger partial charge < -0.3 is 14.6 Å². The van der Waals surface area contributed by atoms with E-state index in [2.05, 4.69) is 58.4 Å². The maximum atomic E-state index is 12.5. The van der Waals surface area contributed by atoms with Crippen LogP contribution in [-0.2, 0) is 24.2 Å². The van der Waals surface area contributed by atoms with Gasteiger partial charge in [-0.25, -0.2) is 4.98 Å². The fourth-order valence-corrected chi connectivity index (χ4v) is 5.15. The summed E-state index contributed by atoms with van der Waals surface area (Å²) in [5.41, 5.74) is 5.66. The normalized spacial score (nSPS) is 11.0. The second kappa shape index (κ2) is 14.8. The largest absolute Gasteiger partial charge is 0.494 e. The summed E-state index contributed by atoms with van der Waals surface area (Å²) in [5.74, 6) is 2.16. The van der Waals surface area contributed by atoms with Crippen LogP contribution in [0.5, 0.6) is 5.75 Å². The van der Waals surface area contributed by atoms with E-state index in [0.717, 1.165) is 74.3 Å². The molecule has 41 heavy (non-hydrogen) atoms. The van der Waals surface area contributed by atoms with Crippen molar-refractivity contribution in [3.63, 3.8) is 0 Å². The predicted octanol–water partition coefficient (Wildman–Crippen LogP) is 7.63. The summed E-state index contributed by atoms with van der Waals surface area (Å²) in [5, 5.41) is 3.09. The zero-order valence-electron chi connectivity index (χ0n) is 23.7. The van der Waals surface area contributed by atoms with Gasteiger partial charge in [0.15, 0.2) is 0 Å². The van der Waals surface area contributed by atoms with Crippen LogP contribution >= 0.6 is 0 Å². The summed E-state index contributed by atoms with van der Waals surface area (Å²) in [7, 11) is 0. The Bertz CT molecular complexity index is 1490. The lowest BCUT2D eigenvalue weighted by molar-refractivity contribution is -0.120. The number of aromatic nitrogens is 2. The Morgan fingerprint density at radius 2 is 1.41 bits per heavy atom. The predicted molar refractivity (Wildman–Crippen MR) is 167 cm³/mol. The third-order valence-corrected chi connectivity index (χ3v) is 7.35. The van der Waals surface area contributed by atoms with Crippen molar-refractivity contribution >= 4 is 16.9 Å². The molecule has 0 aliphatic carbocycles. The van der Waals surface area contributed by atoms with Crippen LogP contribution < -0.4 is 10.1 Å². The van der Waals surface area contributed by atoms with Crippen LogP contribution in [0.3, 0.4) is 0 Å². The number of para-hydroxylation sites is 3. The number of ether oxygens (including phenoxy) is 1. The van der Waals surface area contributed by atoms with Crippen LogP contribution in [0.1, 0.15) is 43.5 Å². The van der Waals surface area contributed by atoms with Crippen molar-refractivity contribution in [1.29, 1.82) is 0 Å². The van der Waals surface area contributed by atoms with Crippen molar-refractivity contribution < 1.29 is 9.53 Å². The number of aryl methyl sites for hydroxylation is 2. The van der Waals surface area contributed by atoms with Gasteiger partial charge in [-0.1, -0.05) is 91.3 Å². The number of carbonyl (C=O) groups excluding carboxylic acids is 1. The summed E-state index contributed by atoms with van der Waals surface area (Å²) in [4.78, 5) is 17.4. The number of amides is 1. The second-order valence-corrected chi connectivity index (χ2v) is 10.4. The van der Waals surface area contributed by atoms with E-state index in [1.807, 2.05) is 60.7 Å². The average Bonchev–Trinajstić information content (AvgIpc) is 3.37. The highest BCUT2D eigenvalue weighted by atomic mass is 16.5. The van der Waals surface area contributed by atoms with Crippen LogP contribution in [0.15, 0.2) is 109 Å². The Morgan fingerprint density at radius 3 is 2.22 bits per heavy atom. The van der Waals surface area contributed by atoms with E-state index in [4.69, 9.17) is 9.72 Å². The van der Waals surface area contributed by atoms with Crippen molar-refractivity contribution in [2.75, 3.05) is 13.2 Å². The Kier molecular flexibility index (Phi) is 10.2. The number of hydrogen-bond donors (Lipinski definition) is 1. The summed E-state index contributed by atoms with van der Waals surface area (Å²) < 4.78 is 8.24. The zero-order chi connectivity index (χ0) is 28.1. The molecule has 1 heterocycles. The quantitative estimate of drug-likeness (QED) is 0.138. The number of imidazole rings is 1. The first kappa shape index (κ1) is 28.2. The minimum Gasteiger partial charge on any atom is -0.494 e. The third-order valence-electron chi connectivity index (χ3n) is 7.35. The number of rotatable bonds is 15. The molecule has 0 radical (unpaired) electrons. The van der Waals surface area contributed by atoms with Crippen LogP contribution in [0, 0.1) is 0 Å². The molecule has 0 saturated carbocycles. The lowest BCUT2D eigenvalue weighted by Crippen LogP contribution is -2.26. The molecule has 4 aromatic carbocycles. The molecule has 0 aliphatic heterocycles. The number of nitrogens with one attached hydrogen (secondary N) is 1. The van der Waals surface area contributed by atoms with Gasteiger partial charge in [0.1, 0.15) is 11.6 Å². The number of hydrogen-bond acceptors (Lipinski definition) is 3. The van der Waals surface area contributed by atoms with Gasteiger partial charge in [0, 0.05) is 19.5 Å². The summed E-state index contributed by atoms with van der Waals surface area (Å²) in [6.45, 7) is 2.37. The van der Waals surface area contributed by atoms with E-state index in [9.17, 15) is 4.79 Å². The molecule has 5 heteroatoms. The molecule has 0 atom stereocenters. The second-order valence-electron chi connectivity index (χ2n) is 10.4. The van der Waals surface area contributed by atoms with Crippen LogP contribution in [0.25, 0.3) is 22.2 Å². The monoisotopic (exact) mass is 545 g/mol. The molecule has 1 N–H and O–H groups in total. The molecule has 0 aliphatic rings. The standard InChI is InChI=1S/C36H39N3O2/c40-36(28-29-21-23-31(24-22-29)30-14-4-1-5-15-30)37-25-11-3-8-20-35-38-33-18-9-10-19-34(33)39(35)26-12-13-27-41-32-16-6-2-7-17-32/h1-2,4-7,9-10,14-19,21-24H,3,8,11-13,20,25-28H2,(H,37,40). The molecule has 1 aromatic heterocycles. The van der Waals surface area contributed by atoms with E-state index < -0.39 is 0 Å². The first-order chi connectivity index (χ1) is 20.3. The molecule has 5 rings (SSSR count). The van der Waals surface area contributed by atoms with Crippen LogP contribution in [-0.4, -0.2) is 28.6 Å². The Hall–Kier alpha value is -4.38. The van der Waals surface area contributed by atoms with Gasteiger partial charge in [-0.05, 0) is 66.6 Å². The molecule has 5 nitrogen and oxygen atoms in total. The van der Waals surface area contributed by atoms with Crippen molar-refractivity contribution in [2.24, 2.45) is 0 Å². The van der Waals surface area contributed by atoms with Crippen LogP contribution in [0.4, 0.5) is 0 Å². The molecule has 0 spiro atoms. The topological polar surface area (TPSA) is 56.2 Å². The third kappa shape index (κ3) is 8.31. The molecule has 0 bridgehead atoms. The molecular formula is C36H39N3O2. The van der Waals surface area contributed by atoms with E-state index in [1.165, 1.54) is 16.6 Å². The van der Waals surface area contributed by atoms with Crippen molar-refractivity contribution in [3.8, 4) is 16.9 Å². The maximum absolute atomic E-state index is 12.5. The van der Waals surface area contributed by atoms with Gasteiger partial charge in [0.05, 0.1) is 24.1 Å². The van der Waals surface area contributed by atoms with Gasteiger partial charge in [-0.2, -0.15) is 0 Å². The lowest BCUT2D eigenvalue weighted by atomic mass is 10.0. The Labute approximate surface area is 243 Å². The highest BCUT2D eigenvalue weighted by Crippen LogP contribution is 2.20. The average molecular weight is 546 g/mol. The molecule has 5 aromatic rings. The molecule has 210 valence electrons. The van der Waals surface area contributed by atoms with Gasteiger partial charge >= 0.3 is 0 Å². The highest BCUT2D eigenvalue weighted by molar-refractivity contribution is 5.79. The number of fused-ring (bicyclic) bond motifs is 1. The zero-order valence-corrected chi connectivity index (χ0v) is 23.7. The summed E-state index contributed by atoms with van der Waals surface area (Å²) in [6, 6.07) is 37.0. The van der Waals surface area contributed by atoms with Crippen molar-refractivity contribution in [3.05, 3.63) is 121 Å². The minimum atomic E-state index is 0.0792. The number of benzene rings is 4. The number of unbranched alkanes of at least 4 members (excludes halogenated alkanes) is 3. The highest BCUT2D eigenvalue weighted by Gasteiger charge is 2.10. The minimum absolute atomic E-state index is 0.0792. The lowest BCUT2D eigenvalue weighted by Gasteiger charge is -2.10. The maximum Gasteiger partial charge on any atom is 0.224 e. The Morgan fingerprint density at radius 1 is 0.707 bits per heavy atom. The first-order valence-corrected chi connectivity index (χ1v) is 14.8. The summed E-state index contributed by atoms with van der Waals surface area (Å²) >= 11 is 0. The van der Waals surface area contributed by atoms with E-state index in [0.29, 0.717) is 13.0 Å².